The third-order valence-corrected chi connectivity index (χ3v) is 1.59. The number of carbonyl (C=O) groups is 1. The van der Waals surface area contributed by atoms with Crippen molar-refractivity contribution in [1.29, 1.82) is 0 Å². The van der Waals surface area contributed by atoms with E-state index in [0.717, 1.165) is 12.0 Å². The Morgan fingerprint density at radius 2 is 2.56 bits per heavy atom. The molecule has 1 amide bonds. The molecule has 1 aliphatic rings. The van der Waals surface area contributed by atoms with Gasteiger partial charge >= 0.3 is 0 Å². The van der Waals surface area contributed by atoms with E-state index in [2.05, 4.69) is 11.9 Å². The number of nitrogens with one attached hydrogen (secondary N) is 1. The lowest BCUT2D eigenvalue weighted by Gasteiger charge is -2.06. The van der Waals surface area contributed by atoms with Gasteiger partial charge in [-0.05, 0) is 13.3 Å². The van der Waals surface area contributed by atoms with Crippen LogP contribution in [0.25, 0.3) is 0 Å². The molecule has 0 aromatic carbocycles. The molecule has 2 heteroatoms. The Morgan fingerprint density at radius 3 is 2.78 bits per heavy atom. The first-order valence-corrected chi connectivity index (χ1v) is 3.15. The van der Waals surface area contributed by atoms with Crippen LogP contribution >= 0.6 is 0 Å². The van der Waals surface area contributed by atoms with E-state index in [1.165, 1.54) is 0 Å². The first kappa shape index (κ1) is 6.33. The van der Waals surface area contributed by atoms with Crippen LogP contribution in [0.15, 0.2) is 12.2 Å². The molecule has 0 aromatic rings. The molecule has 1 fully saturated rings. The van der Waals surface area contributed by atoms with Gasteiger partial charge in [-0.3, -0.25) is 4.79 Å². The highest BCUT2D eigenvalue weighted by Gasteiger charge is 2.20. The maximum absolute atomic E-state index is 10.6. The Hall–Kier alpha value is -0.790. The highest BCUT2D eigenvalue weighted by molar-refractivity contribution is 5.79. The first-order valence-electron chi connectivity index (χ1n) is 3.15. The minimum absolute atomic E-state index is 0.156. The van der Waals surface area contributed by atoms with Crippen molar-refractivity contribution in [2.75, 3.05) is 0 Å². The van der Waals surface area contributed by atoms with E-state index in [-0.39, 0.29) is 11.9 Å². The molecule has 1 heterocycles. The molecule has 1 N–H and O–H groups in total. The van der Waals surface area contributed by atoms with Gasteiger partial charge in [0.25, 0.3) is 0 Å². The molecular formula is C7H11NO. The van der Waals surface area contributed by atoms with Gasteiger partial charge in [0.05, 0.1) is 0 Å². The normalized spacial score (nSPS) is 25.9. The van der Waals surface area contributed by atoms with Gasteiger partial charge in [0, 0.05) is 12.5 Å². The fourth-order valence-electron chi connectivity index (χ4n) is 0.984. The number of rotatable bonds is 1. The Labute approximate surface area is 54.9 Å². The average Bonchev–Trinajstić information content (AvgIpc) is 2.14. The van der Waals surface area contributed by atoms with Crippen molar-refractivity contribution in [2.24, 2.45) is 0 Å². The van der Waals surface area contributed by atoms with E-state index in [0.29, 0.717) is 6.42 Å². The molecule has 0 spiro atoms. The number of hydrogen-bond donors (Lipinski definition) is 1. The number of amides is 1. The standard InChI is InChI=1S/C7H11NO/c1-5(2)6-3-4-7(9)8-6/h6H,1,3-4H2,2H3,(H,8,9)/t6-/m0/s1. The summed E-state index contributed by atoms with van der Waals surface area (Å²) < 4.78 is 0. The number of hydrogen-bond acceptors (Lipinski definition) is 1. The van der Waals surface area contributed by atoms with Crippen molar-refractivity contribution < 1.29 is 4.79 Å². The first-order chi connectivity index (χ1) is 4.20. The fraction of sp³-hybridized carbons (Fsp3) is 0.571. The van der Waals surface area contributed by atoms with Gasteiger partial charge in [-0.25, -0.2) is 0 Å². The van der Waals surface area contributed by atoms with Crippen LogP contribution in [0, 0.1) is 0 Å². The predicted octanol–water partition coefficient (Wildman–Crippen LogP) is 0.841. The monoisotopic (exact) mass is 125 g/mol. The minimum atomic E-state index is 0.156. The third-order valence-electron chi connectivity index (χ3n) is 1.59. The fourth-order valence-corrected chi connectivity index (χ4v) is 0.984. The molecule has 0 bridgehead atoms. The molecule has 9 heavy (non-hydrogen) atoms. The quantitative estimate of drug-likeness (QED) is 0.517. The van der Waals surface area contributed by atoms with Crippen molar-refractivity contribution in [1.82, 2.24) is 5.32 Å². The summed E-state index contributed by atoms with van der Waals surface area (Å²) >= 11 is 0. The van der Waals surface area contributed by atoms with Crippen molar-refractivity contribution in [3.8, 4) is 0 Å². The second-order valence-corrected chi connectivity index (χ2v) is 2.51. The molecule has 0 unspecified atom stereocenters. The lowest BCUT2D eigenvalue weighted by Crippen LogP contribution is -2.25. The summed E-state index contributed by atoms with van der Waals surface area (Å²) in [5.41, 5.74) is 1.06. The van der Waals surface area contributed by atoms with Gasteiger partial charge < -0.3 is 5.32 Å². The maximum atomic E-state index is 10.6. The second-order valence-electron chi connectivity index (χ2n) is 2.51. The van der Waals surface area contributed by atoms with Crippen LogP contribution in [0.5, 0.6) is 0 Å². The smallest absolute Gasteiger partial charge is 0.220 e. The zero-order chi connectivity index (χ0) is 6.85. The largest absolute Gasteiger partial charge is 0.350 e. The SMILES string of the molecule is C=C(C)[C@@H]1CCC(=O)N1. The van der Waals surface area contributed by atoms with Gasteiger partial charge in [0.1, 0.15) is 0 Å². The summed E-state index contributed by atoms with van der Waals surface area (Å²) in [6.07, 6.45) is 1.59. The van der Waals surface area contributed by atoms with Crippen LogP contribution in [0.4, 0.5) is 0 Å². The summed E-state index contributed by atoms with van der Waals surface area (Å²) in [6, 6.07) is 0.248. The molecule has 1 saturated heterocycles. The van der Waals surface area contributed by atoms with E-state index in [9.17, 15) is 4.79 Å². The average molecular weight is 125 g/mol. The summed E-state index contributed by atoms with van der Waals surface area (Å²) in [7, 11) is 0. The molecule has 1 rings (SSSR count). The molecule has 1 atom stereocenters. The van der Waals surface area contributed by atoms with Crippen LogP contribution in [0.3, 0.4) is 0 Å². The predicted molar refractivity (Wildman–Crippen MR) is 36.0 cm³/mol. The third kappa shape index (κ3) is 1.31. The summed E-state index contributed by atoms with van der Waals surface area (Å²) in [5.74, 6) is 0.156. The van der Waals surface area contributed by atoms with E-state index in [1.807, 2.05) is 6.92 Å². The Balaban J connectivity index is 2.48. The van der Waals surface area contributed by atoms with Crippen molar-refractivity contribution >= 4 is 5.91 Å². The highest BCUT2D eigenvalue weighted by atomic mass is 16.1. The van der Waals surface area contributed by atoms with E-state index >= 15 is 0 Å². The van der Waals surface area contributed by atoms with E-state index < -0.39 is 0 Å². The minimum Gasteiger partial charge on any atom is -0.350 e. The zero-order valence-corrected chi connectivity index (χ0v) is 5.61. The number of carbonyl (C=O) groups excluding carboxylic acids is 1. The van der Waals surface area contributed by atoms with Crippen LogP contribution < -0.4 is 5.32 Å². The molecular weight excluding hydrogens is 114 g/mol. The molecule has 0 aromatic heterocycles. The van der Waals surface area contributed by atoms with Crippen LogP contribution in [0.2, 0.25) is 0 Å². The van der Waals surface area contributed by atoms with Crippen LogP contribution in [-0.4, -0.2) is 11.9 Å². The summed E-state index contributed by atoms with van der Waals surface area (Å²) in [4.78, 5) is 10.6. The molecule has 0 aliphatic carbocycles. The summed E-state index contributed by atoms with van der Waals surface area (Å²) in [5, 5.41) is 2.81. The molecule has 50 valence electrons. The summed E-state index contributed by atoms with van der Waals surface area (Å²) in [6.45, 7) is 5.70. The van der Waals surface area contributed by atoms with Crippen molar-refractivity contribution in [3.05, 3.63) is 12.2 Å². The van der Waals surface area contributed by atoms with Crippen LogP contribution in [-0.2, 0) is 4.79 Å². The van der Waals surface area contributed by atoms with E-state index in [4.69, 9.17) is 0 Å². The Morgan fingerprint density at radius 1 is 1.89 bits per heavy atom. The topological polar surface area (TPSA) is 29.1 Å². The van der Waals surface area contributed by atoms with Gasteiger partial charge in [-0.1, -0.05) is 12.2 Å². The zero-order valence-electron chi connectivity index (χ0n) is 5.61. The van der Waals surface area contributed by atoms with Gasteiger partial charge in [-0.2, -0.15) is 0 Å². The molecule has 0 radical (unpaired) electrons. The molecule has 1 aliphatic heterocycles. The van der Waals surface area contributed by atoms with Gasteiger partial charge in [0.2, 0.25) is 5.91 Å². The highest BCUT2D eigenvalue weighted by Crippen LogP contribution is 2.12. The molecule has 0 saturated carbocycles. The van der Waals surface area contributed by atoms with Gasteiger partial charge in [-0.15, -0.1) is 0 Å². The van der Waals surface area contributed by atoms with Crippen molar-refractivity contribution in [2.45, 2.75) is 25.8 Å². The lowest BCUT2D eigenvalue weighted by atomic mass is 10.1. The maximum Gasteiger partial charge on any atom is 0.220 e. The van der Waals surface area contributed by atoms with Gasteiger partial charge in [0.15, 0.2) is 0 Å². The Bertz CT molecular complexity index is 151. The lowest BCUT2D eigenvalue weighted by molar-refractivity contribution is -0.119. The molecule has 2 nitrogen and oxygen atoms in total. The van der Waals surface area contributed by atoms with E-state index in [1.54, 1.807) is 0 Å². The Kier molecular flexibility index (Phi) is 1.56. The van der Waals surface area contributed by atoms with Crippen LogP contribution in [0.1, 0.15) is 19.8 Å². The van der Waals surface area contributed by atoms with Crippen molar-refractivity contribution in [3.63, 3.8) is 0 Å². The second kappa shape index (κ2) is 2.21.